The van der Waals surface area contributed by atoms with Gasteiger partial charge in [0.15, 0.2) is 0 Å². The SMILES string of the molecule is CCC(C#N)(CC)C(=O)NC1CC(O)CN(C(=O)CN2C(=O)NC(C)(CC)C2=O)C1. The summed E-state index contributed by atoms with van der Waals surface area (Å²) in [7, 11) is 0. The van der Waals surface area contributed by atoms with E-state index in [4.69, 9.17) is 0 Å². The topological polar surface area (TPSA) is 143 Å². The molecule has 0 bridgehead atoms. The lowest BCUT2D eigenvalue weighted by Gasteiger charge is -2.37. The van der Waals surface area contributed by atoms with Crippen LogP contribution in [0.3, 0.4) is 0 Å². The molecule has 2 rings (SSSR count). The molecule has 5 amide bonds. The van der Waals surface area contributed by atoms with Crippen molar-refractivity contribution in [2.75, 3.05) is 19.6 Å². The number of imide groups is 1. The molecule has 0 aromatic rings. The number of hydrogen-bond acceptors (Lipinski definition) is 6. The number of aliphatic hydroxyl groups excluding tert-OH is 1. The average Bonchev–Trinajstić information content (AvgIpc) is 2.92. The van der Waals surface area contributed by atoms with Gasteiger partial charge in [0.1, 0.15) is 17.5 Å². The summed E-state index contributed by atoms with van der Waals surface area (Å²) in [6.45, 7) is 6.65. The monoisotopic (exact) mass is 421 g/mol. The lowest BCUT2D eigenvalue weighted by atomic mass is 9.82. The maximum absolute atomic E-state index is 12.8. The van der Waals surface area contributed by atoms with Crippen LogP contribution >= 0.6 is 0 Å². The number of urea groups is 1. The molecule has 10 nitrogen and oxygen atoms in total. The van der Waals surface area contributed by atoms with E-state index in [2.05, 4.69) is 16.7 Å². The number of carbonyl (C=O) groups excluding carboxylic acids is 4. The third-order valence-corrected chi connectivity index (χ3v) is 6.32. The Kier molecular flexibility index (Phi) is 7.08. The van der Waals surface area contributed by atoms with Crippen molar-refractivity contribution in [3.63, 3.8) is 0 Å². The highest BCUT2D eigenvalue weighted by molar-refractivity contribution is 6.08. The number of carbonyl (C=O) groups is 4. The van der Waals surface area contributed by atoms with Crippen LogP contribution in [0.2, 0.25) is 0 Å². The molecular formula is C20H31N5O5. The van der Waals surface area contributed by atoms with Crippen LogP contribution < -0.4 is 10.6 Å². The van der Waals surface area contributed by atoms with Crippen molar-refractivity contribution < 1.29 is 24.3 Å². The summed E-state index contributed by atoms with van der Waals surface area (Å²) in [5, 5.41) is 25.0. The largest absolute Gasteiger partial charge is 0.391 e. The molecule has 0 radical (unpaired) electrons. The smallest absolute Gasteiger partial charge is 0.325 e. The highest BCUT2D eigenvalue weighted by Gasteiger charge is 2.47. The van der Waals surface area contributed by atoms with Crippen LogP contribution in [0.25, 0.3) is 0 Å². The number of aliphatic hydroxyl groups is 1. The Morgan fingerprint density at radius 3 is 2.43 bits per heavy atom. The summed E-state index contributed by atoms with van der Waals surface area (Å²) in [6.07, 6.45) is 0.491. The van der Waals surface area contributed by atoms with E-state index >= 15 is 0 Å². The van der Waals surface area contributed by atoms with Crippen LogP contribution in [-0.2, 0) is 14.4 Å². The van der Waals surface area contributed by atoms with E-state index < -0.39 is 53.4 Å². The third-order valence-electron chi connectivity index (χ3n) is 6.32. The zero-order valence-corrected chi connectivity index (χ0v) is 18.0. The summed E-state index contributed by atoms with van der Waals surface area (Å²) >= 11 is 0. The van der Waals surface area contributed by atoms with Gasteiger partial charge in [0.25, 0.3) is 5.91 Å². The summed E-state index contributed by atoms with van der Waals surface area (Å²) in [5.74, 6) is -1.38. The zero-order valence-electron chi connectivity index (χ0n) is 18.0. The number of β-amino-alcohol motifs (C(OH)–C–C–N with tert-alkyl or cyclic N) is 1. The molecule has 0 aromatic carbocycles. The van der Waals surface area contributed by atoms with E-state index in [-0.39, 0.29) is 19.5 Å². The van der Waals surface area contributed by atoms with Crippen LogP contribution in [0, 0.1) is 16.7 Å². The van der Waals surface area contributed by atoms with Crippen molar-refractivity contribution >= 4 is 23.8 Å². The minimum atomic E-state index is -1.15. The first-order valence-electron chi connectivity index (χ1n) is 10.4. The van der Waals surface area contributed by atoms with E-state index in [9.17, 15) is 29.5 Å². The van der Waals surface area contributed by atoms with Crippen LogP contribution in [0.4, 0.5) is 4.79 Å². The summed E-state index contributed by atoms with van der Waals surface area (Å²) in [6, 6.07) is 0.929. The number of rotatable bonds is 7. The lowest BCUT2D eigenvalue weighted by Crippen LogP contribution is -2.57. The van der Waals surface area contributed by atoms with Crippen LogP contribution in [0.15, 0.2) is 0 Å². The highest BCUT2D eigenvalue weighted by Crippen LogP contribution is 2.26. The molecule has 0 saturated carbocycles. The van der Waals surface area contributed by atoms with Gasteiger partial charge in [0.05, 0.1) is 12.2 Å². The van der Waals surface area contributed by atoms with E-state index in [1.54, 1.807) is 27.7 Å². The summed E-state index contributed by atoms with van der Waals surface area (Å²) in [5.41, 5.74) is -2.18. The van der Waals surface area contributed by atoms with Gasteiger partial charge >= 0.3 is 6.03 Å². The van der Waals surface area contributed by atoms with E-state index in [0.29, 0.717) is 19.3 Å². The first kappa shape index (κ1) is 23.6. The molecule has 3 atom stereocenters. The van der Waals surface area contributed by atoms with Crippen LogP contribution in [0.5, 0.6) is 0 Å². The van der Waals surface area contributed by atoms with Gasteiger partial charge in [-0.15, -0.1) is 0 Å². The molecule has 2 aliphatic rings. The van der Waals surface area contributed by atoms with Crippen LogP contribution in [-0.4, -0.2) is 76.0 Å². The second-order valence-corrected chi connectivity index (χ2v) is 8.27. The van der Waals surface area contributed by atoms with Gasteiger partial charge in [-0.3, -0.25) is 19.3 Å². The lowest BCUT2D eigenvalue weighted by molar-refractivity contribution is -0.141. The van der Waals surface area contributed by atoms with Gasteiger partial charge in [-0.25, -0.2) is 4.79 Å². The number of hydrogen-bond donors (Lipinski definition) is 3. The average molecular weight is 421 g/mol. The Balaban J connectivity index is 2.06. The van der Waals surface area contributed by atoms with Gasteiger partial charge in [-0.1, -0.05) is 20.8 Å². The Labute approximate surface area is 176 Å². The fourth-order valence-electron chi connectivity index (χ4n) is 3.85. The van der Waals surface area contributed by atoms with Gasteiger partial charge in [0.2, 0.25) is 11.8 Å². The van der Waals surface area contributed by atoms with Gasteiger partial charge < -0.3 is 20.6 Å². The first-order chi connectivity index (χ1) is 14.1. The molecule has 166 valence electrons. The second kappa shape index (κ2) is 9.00. The number of nitriles is 1. The van der Waals surface area contributed by atoms with E-state index in [1.165, 1.54) is 4.90 Å². The standard InChI is InChI=1S/C20H31N5O5/c1-5-19(4)17(29)25(18(30)23-19)11-15(27)24-9-13(8-14(26)10-24)22-16(28)20(6-2,7-3)12-21/h13-14,26H,5-11H2,1-4H3,(H,22,28)(H,23,30). The zero-order chi connectivity index (χ0) is 22.7. The quantitative estimate of drug-likeness (QED) is 0.498. The van der Waals surface area contributed by atoms with Crippen LogP contribution in [0.1, 0.15) is 53.4 Å². The summed E-state index contributed by atoms with van der Waals surface area (Å²) in [4.78, 5) is 52.3. The normalized spacial score (nSPS) is 26.9. The Morgan fingerprint density at radius 2 is 1.93 bits per heavy atom. The molecule has 2 aliphatic heterocycles. The molecular weight excluding hydrogens is 390 g/mol. The van der Waals surface area contributed by atoms with Gasteiger partial charge in [-0.05, 0) is 32.6 Å². The van der Waals surface area contributed by atoms with E-state index in [1.807, 2.05) is 0 Å². The minimum Gasteiger partial charge on any atom is -0.391 e. The molecule has 0 aliphatic carbocycles. The predicted octanol–water partition coefficient (Wildman–Crippen LogP) is 0.115. The molecule has 10 heteroatoms. The van der Waals surface area contributed by atoms with E-state index in [0.717, 1.165) is 4.90 Å². The molecule has 2 fully saturated rings. The first-order valence-corrected chi connectivity index (χ1v) is 10.4. The molecule has 30 heavy (non-hydrogen) atoms. The predicted molar refractivity (Wildman–Crippen MR) is 107 cm³/mol. The number of amides is 5. The Morgan fingerprint density at radius 1 is 1.30 bits per heavy atom. The number of piperidine rings is 1. The molecule has 3 unspecified atom stereocenters. The molecule has 3 N–H and O–H groups in total. The second-order valence-electron chi connectivity index (χ2n) is 8.27. The van der Waals surface area contributed by atoms with Crippen molar-refractivity contribution in [3.8, 4) is 6.07 Å². The Hall–Kier alpha value is -2.67. The maximum Gasteiger partial charge on any atom is 0.325 e. The van der Waals surface area contributed by atoms with Crippen molar-refractivity contribution in [2.45, 2.75) is 71.1 Å². The maximum atomic E-state index is 12.8. The van der Waals surface area contributed by atoms with Crippen molar-refractivity contribution in [2.24, 2.45) is 5.41 Å². The molecule has 0 spiro atoms. The number of nitrogens with zero attached hydrogens (tertiary/aromatic N) is 3. The molecule has 2 saturated heterocycles. The molecule has 2 heterocycles. The number of nitrogens with one attached hydrogen (secondary N) is 2. The summed E-state index contributed by atoms with van der Waals surface area (Å²) < 4.78 is 0. The Bertz CT molecular complexity index is 759. The van der Waals surface area contributed by atoms with Gasteiger partial charge in [-0.2, -0.15) is 5.26 Å². The fourth-order valence-corrected chi connectivity index (χ4v) is 3.85. The molecule has 0 aromatic heterocycles. The highest BCUT2D eigenvalue weighted by atomic mass is 16.3. The minimum absolute atomic E-state index is 0.0465. The van der Waals surface area contributed by atoms with Crippen molar-refractivity contribution in [1.29, 1.82) is 5.26 Å². The van der Waals surface area contributed by atoms with Crippen molar-refractivity contribution in [3.05, 3.63) is 0 Å². The fraction of sp³-hybridized carbons (Fsp3) is 0.750. The van der Waals surface area contributed by atoms with Gasteiger partial charge in [0, 0.05) is 19.1 Å². The third kappa shape index (κ3) is 4.41. The number of likely N-dealkylation sites (tertiary alicyclic amines) is 1. The van der Waals surface area contributed by atoms with Crippen molar-refractivity contribution in [1.82, 2.24) is 20.4 Å².